The topological polar surface area (TPSA) is 25.8 Å². The summed E-state index contributed by atoms with van der Waals surface area (Å²) in [5.41, 5.74) is 3.45. The summed E-state index contributed by atoms with van der Waals surface area (Å²) in [7, 11) is 0. The van der Waals surface area contributed by atoms with Gasteiger partial charge in [0, 0.05) is 39.6 Å². The smallest absolute Gasteiger partial charge is 0.0716 e. The number of fused-ring (bicyclic) bond motifs is 3. The lowest BCUT2D eigenvalue weighted by Crippen LogP contribution is -1.82. The Bertz CT molecular complexity index is 910. The van der Waals surface area contributed by atoms with Crippen molar-refractivity contribution in [1.29, 1.82) is 0 Å². The molecule has 0 aliphatic heterocycles. The standard InChI is InChI=1S/C17H12N2S/c1-11-9-18-10-15-16(11)13-6-4-5-12(17(13)20-15)14-7-2-3-8-19-14/h2-10H,1H3. The van der Waals surface area contributed by atoms with Gasteiger partial charge in [-0.1, -0.05) is 24.3 Å². The van der Waals surface area contributed by atoms with Crippen LogP contribution in [0.15, 0.2) is 55.0 Å². The predicted molar refractivity (Wildman–Crippen MR) is 85.1 cm³/mol. The van der Waals surface area contributed by atoms with Crippen LogP contribution in [-0.4, -0.2) is 9.97 Å². The highest BCUT2D eigenvalue weighted by molar-refractivity contribution is 7.26. The van der Waals surface area contributed by atoms with E-state index in [0.29, 0.717) is 0 Å². The Balaban J connectivity index is 2.14. The highest BCUT2D eigenvalue weighted by Gasteiger charge is 2.12. The van der Waals surface area contributed by atoms with Gasteiger partial charge in [0.2, 0.25) is 0 Å². The van der Waals surface area contributed by atoms with Gasteiger partial charge in [0.25, 0.3) is 0 Å². The van der Waals surface area contributed by atoms with Crippen molar-refractivity contribution >= 4 is 31.5 Å². The Kier molecular flexibility index (Phi) is 2.54. The van der Waals surface area contributed by atoms with Crippen molar-refractivity contribution in [3.8, 4) is 11.3 Å². The Morgan fingerprint density at radius 1 is 1.00 bits per heavy atom. The van der Waals surface area contributed by atoms with E-state index in [-0.39, 0.29) is 0 Å². The van der Waals surface area contributed by atoms with E-state index in [1.807, 2.05) is 30.7 Å². The molecule has 0 saturated carbocycles. The van der Waals surface area contributed by atoms with Gasteiger partial charge < -0.3 is 0 Å². The first kappa shape index (κ1) is 11.6. The summed E-state index contributed by atoms with van der Waals surface area (Å²) in [6.07, 6.45) is 5.73. The molecule has 0 fully saturated rings. The van der Waals surface area contributed by atoms with Crippen molar-refractivity contribution in [1.82, 2.24) is 9.97 Å². The van der Waals surface area contributed by atoms with E-state index in [1.54, 1.807) is 11.3 Å². The van der Waals surface area contributed by atoms with Crippen molar-refractivity contribution in [2.45, 2.75) is 6.92 Å². The molecule has 0 saturated heterocycles. The Labute approximate surface area is 120 Å². The SMILES string of the molecule is Cc1cncc2sc3c(-c4ccccn4)cccc3c12. The zero-order chi connectivity index (χ0) is 13.5. The fourth-order valence-corrected chi connectivity index (χ4v) is 3.91. The molecule has 0 bridgehead atoms. The second-order valence-electron chi connectivity index (χ2n) is 4.83. The highest BCUT2D eigenvalue weighted by Crippen LogP contribution is 2.39. The second-order valence-corrected chi connectivity index (χ2v) is 5.88. The van der Waals surface area contributed by atoms with Crippen molar-refractivity contribution < 1.29 is 0 Å². The monoisotopic (exact) mass is 276 g/mol. The number of rotatable bonds is 1. The van der Waals surface area contributed by atoms with Gasteiger partial charge in [-0.2, -0.15) is 0 Å². The molecular weight excluding hydrogens is 264 g/mol. The van der Waals surface area contributed by atoms with E-state index in [0.717, 1.165) is 5.69 Å². The van der Waals surface area contributed by atoms with E-state index in [1.165, 1.54) is 31.3 Å². The number of benzene rings is 1. The van der Waals surface area contributed by atoms with Crippen LogP contribution in [-0.2, 0) is 0 Å². The summed E-state index contributed by atoms with van der Waals surface area (Å²) in [5.74, 6) is 0. The van der Waals surface area contributed by atoms with Crippen LogP contribution in [0.1, 0.15) is 5.56 Å². The molecule has 0 aliphatic carbocycles. The molecule has 3 heterocycles. The minimum Gasteiger partial charge on any atom is -0.263 e. The maximum Gasteiger partial charge on any atom is 0.0716 e. The average molecular weight is 276 g/mol. The molecule has 0 spiro atoms. The number of aryl methyl sites for hydroxylation is 1. The van der Waals surface area contributed by atoms with Crippen LogP contribution in [0.25, 0.3) is 31.4 Å². The maximum atomic E-state index is 4.48. The Morgan fingerprint density at radius 3 is 2.80 bits per heavy atom. The van der Waals surface area contributed by atoms with Gasteiger partial charge in [0.1, 0.15) is 0 Å². The molecule has 0 unspecified atom stereocenters. The molecule has 96 valence electrons. The molecular formula is C17H12N2S. The van der Waals surface area contributed by atoms with Crippen LogP contribution in [0.3, 0.4) is 0 Å². The Morgan fingerprint density at radius 2 is 1.95 bits per heavy atom. The number of aromatic nitrogens is 2. The van der Waals surface area contributed by atoms with Crippen molar-refractivity contribution in [3.63, 3.8) is 0 Å². The van der Waals surface area contributed by atoms with Gasteiger partial charge in [0.05, 0.1) is 10.4 Å². The van der Waals surface area contributed by atoms with Crippen LogP contribution in [0, 0.1) is 6.92 Å². The quantitative estimate of drug-likeness (QED) is 0.498. The Hall–Kier alpha value is -2.26. The molecule has 3 heteroatoms. The third kappa shape index (κ3) is 1.63. The third-order valence-corrected chi connectivity index (χ3v) is 4.71. The van der Waals surface area contributed by atoms with E-state index >= 15 is 0 Å². The summed E-state index contributed by atoms with van der Waals surface area (Å²) in [5, 5.41) is 2.62. The van der Waals surface area contributed by atoms with Gasteiger partial charge in [-0.15, -0.1) is 11.3 Å². The summed E-state index contributed by atoms with van der Waals surface area (Å²) >= 11 is 1.79. The first-order chi connectivity index (χ1) is 9.84. The lowest BCUT2D eigenvalue weighted by molar-refractivity contribution is 1.32. The zero-order valence-corrected chi connectivity index (χ0v) is 11.8. The van der Waals surface area contributed by atoms with Gasteiger partial charge >= 0.3 is 0 Å². The fourth-order valence-electron chi connectivity index (χ4n) is 2.64. The summed E-state index contributed by atoms with van der Waals surface area (Å²) in [6.45, 7) is 2.12. The molecule has 3 aromatic heterocycles. The van der Waals surface area contributed by atoms with Gasteiger partial charge in [-0.25, -0.2) is 0 Å². The molecule has 0 N–H and O–H groups in total. The van der Waals surface area contributed by atoms with Crippen LogP contribution in [0.4, 0.5) is 0 Å². The van der Waals surface area contributed by atoms with Crippen LogP contribution in [0.5, 0.6) is 0 Å². The van der Waals surface area contributed by atoms with E-state index in [2.05, 4.69) is 41.2 Å². The molecule has 0 atom stereocenters. The molecule has 4 aromatic rings. The normalized spacial score (nSPS) is 11.2. The number of thiophene rings is 1. The molecule has 20 heavy (non-hydrogen) atoms. The summed E-state index contributed by atoms with van der Waals surface area (Å²) in [4.78, 5) is 8.79. The molecule has 0 aliphatic rings. The number of hydrogen-bond donors (Lipinski definition) is 0. The summed E-state index contributed by atoms with van der Waals surface area (Å²) in [6, 6.07) is 12.5. The maximum absolute atomic E-state index is 4.48. The van der Waals surface area contributed by atoms with E-state index < -0.39 is 0 Å². The molecule has 1 aromatic carbocycles. The first-order valence-corrected chi connectivity index (χ1v) is 7.33. The van der Waals surface area contributed by atoms with Gasteiger partial charge in [0.15, 0.2) is 0 Å². The lowest BCUT2D eigenvalue weighted by atomic mass is 10.1. The van der Waals surface area contributed by atoms with Crippen molar-refractivity contribution in [2.24, 2.45) is 0 Å². The molecule has 2 nitrogen and oxygen atoms in total. The molecule has 4 rings (SSSR count). The lowest BCUT2D eigenvalue weighted by Gasteiger charge is -2.02. The number of hydrogen-bond acceptors (Lipinski definition) is 3. The van der Waals surface area contributed by atoms with Crippen LogP contribution < -0.4 is 0 Å². The van der Waals surface area contributed by atoms with E-state index in [4.69, 9.17) is 0 Å². The fraction of sp³-hybridized carbons (Fsp3) is 0.0588. The second kappa shape index (κ2) is 4.39. The molecule has 0 amide bonds. The van der Waals surface area contributed by atoms with Gasteiger partial charge in [-0.3, -0.25) is 9.97 Å². The zero-order valence-electron chi connectivity index (χ0n) is 11.0. The van der Waals surface area contributed by atoms with Crippen LogP contribution in [0.2, 0.25) is 0 Å². The highest BCUT2D eigenvalue weighted by atomic mass is 32.1. The predicted octanol–water partition coefficient (Wildman–Crippen LogP) is 4.82. The molecule has 0 radical (unpaired) electrons. The van der Waals surface area contributed by atoms with Gasteiger partial charge in [-0.05, 0) is 24.6 Å². The summed E-state index contributed by atoms with van der Waals surface area (Å²) < 4.78 is 2.53. The number of nitrogens with zero attached hydrogens (tertiary/aromatic N) is 2. The third-order valence-electron chi connectivity index (χ3n) is 3.54. The number of pyridine rings is 2. The van der Waals surface area contributed by atoms with E-state index in [9.17, 15) is 0 Å². The first-order valence-electron chi connectivity index (χ1n) is 6.52. The van der Waals surface area contributed by atoms with Crippen LogP contribution >= 0.6 is 11.3 Å². The minimum atomic E-state index is 1.02. The minimum absolute atomic E-state index is 1.02. The average Bonchev–Trinajstić information content (AvgIpc) is 2.88. The van der Waals surface area contributed by atoms with Crippen molar-refractivity contribution in [3.05, 3.63) is 60.6 Å². The largest absolute Gasteiger partial charge is 0.263 e. The van der Waals surface area contributed by atoms with Crippen molar-refractivity contribution in [2.75, 3.05) is 0 Å².